The van der Waals surface area contributed by atoms with Crippen molar-refractivity contribution in [1.82, 2.24) is 4.57 Å². The second-order valence-electron chi connectivity index (χ2n) is 4.59. The number of nitrogens with zero attached hydrogens (tertiary/aromatic N) is 1. The Labute approximate surface area is 114 Å². The molecule has 0 aliphatic heterocycles. The summed E-state index contributed by atoms with van der Waals surface area (Å²) in [4.78, 5) is 11.6. The fourth-order valence-corrected chi connectivity index (χ4v) is 3.02. The quantitative estimate of drug-likeness (QED) is 0.788. The minimum absolute atomic E-state index is 0.425. The summed E-state index contributed by atoms with van der Waals surface area (Å²) in [6.45, 7) is 2.65. The molecule has 96 valence electrons. The standard InChI is InChI=1S/C15H13NO2S/c1-10-2-3-11-4-6-16(13(11)8-10)9-12-5-7-19-14(12)15(17)18/h2-8H,9H2,1H3,(H,17,18). The van der Waals surface area contributed by atoms with Crippen LogP contribution in [0.25, 0.3) is 10.9 Å². The van der Waals surface area contributed by atoms with Crippen LogP contribution in [0.3, 0.4) is 0 Å². The first-order valence-electron chi connectivity index (χ1n) is 6.00. The van der Waals surface area contributed by atoms with E-state index in [1.807, 2.05) is 17.6 Å². The van der Waals surface area contributed by atoms with Crippen LogP contribution in [0, 0.1) is 6.92 Å². The lowest BCUT2D eigenvalue weighted by Gasteiger charge is -2.06. The maximum Gasteiger partial charge on any atom is 0.346 e. The van der Waals surface area contributed by atoms with Gasteiger partial charge in [-0.15, -0.1) is 11.3 Å². The summed E-state index contributed by atoms with van der Waals surface area (Å²) in [6, 6.07) is 10.2. The zero-order valence-electron chi connectivity index (χ0n) is 10.5. The first-order valence-corrected chi connectivity index (χ1v) is 6.88. The van der Waals surface area contributed by atoms with Crippen molar-refractivity contribution in [2.75, 3.05) is 0 Å². The molecule has 0 atom stereocenters. The van der Waals surface area contributed by atoms with Crippen molar-refractivity contribution in [3.8, 4) is 0 Å². The molecule has 4 heteroatoms. The molecule has 0 amide bonds. The number of thiophene rings is 1. The third kappa shape index (κ3) is 2.15. The maximum atomic E-state index is 11.1. The van der Waals surface area contributed by atoms with Crippen LogP contribution in [0.15, 0.2) is 41.9 Å². The molecule has 1 aromatic carbocycles. The van der Waals surface area contributed by atoms with Crippen LogP contribution in [0.5, 0.6) is 0 Å². The van der Waals surface area contributed by atoms with Crippen LogP contribution in [0.4, 0.5) is 0 Å². The molecule has 2 aromatic heterocycles. The highest BCUT2D eigenvalue weighted by molar-refractivity contribution is 7.12. The van der Waals surface area contributed by atoms with Crippen molar-refractivity contribution in [1.29, 1.82) is 0 Å². The molecule has 0 radical (unpaired) electrons. The van der Waals surface area contributed by atoms with Crippen molar-refractivity contribution in [2.45, 2.75) is 13.5 Å². The Kier molecular flexibility index (Phi) is 2.87. The van der Waals surface area contributed by atoms with E-state index < -0.39 is 5.97 Å². The lowest BCUT2D eigenvalue weighted by Crippen LogP contribution is -2.03. The molecule has 3 nitrogen and oxygen atoms in total. The van der Waals surface area contributed by atoms with Gasteiger partial charge in [0.2, 0.25) is 0 Å². The molecule has 3 rings (SSSR count). The van der Waals surface area contributed by atoms with E-state index in [4.69, 9.17) is 5.11 Å². The third-order valence-electron chi connectivity index (χ3n) is 3.21. The highest BCUT2D eigenvalue weighted by Gasteiger charge is 2.12. The Morgan fingerprint density at radius 3 is 2.95 bits per heavy atom. The number of carboxylic acids is 1. The molecule has 0 unspecified atom stereocenters. The van der Waals surface area contributed by atoms with Crippen molar-refractivity contribution >= 4 is 28.2 Å². The number of benzene rings is 1. The second-order valence-corrected chi connectivity index (χ2v) is 5.50. The summed E-state index contributed by atoms with van der Waals surface area (Å²) in [7, 11) is 0. The van der Waals surface area contributed by atoms with Gasteiger partial charge in [-0.1, -0.05) is 12.1 Å². The van der Waals surface area contributed by atoms with Crippen LogP contribution in [-0.4, -0.2) is 15.6 Å². The lowest BCUT2D eigenvalue weighted by molar-refractivity contribution is 0.0701. The van der Waals surface area contributed by atoms with E-state index in [9.17, 15) is 4.79 Å². The minimum atomic E-state index is -0.849. The number of rotatable bonds is 3. The zero-order valence-corrected chi connectivity index (χ0v) is 11.3. The summed E-state index contributed by atoms with van der Waals surface area (Å²) in [5, 5.41) is 12.1. The predicted octanol–water partition coefficient (Wildman–Crippen LogP) is 3.76. The van der Waals surface area contributed by atoms with Crippen molar-refractivity contribution in [3.63, 3.8) is 0 Å². The monoisotopic (exact) mass is 271 g/mol. The average molecular weight is 271 g/mol. The van der Waals surface area contributed by atoms with E-state index in [1.165, 1.54) is 22.3 Å². The van der Waals surface area contributed by atoms with Gasteiger partial charge in [-0.2, -0.15) is 0 Å². The van der Waals surface area contributed by atoms with E-state index in [0.29, 0.717) is 11.4 Å². The minimum Gasteiger partial charge on any atom is -0.477 e. The molecule has 19 heavy (non-hydrogen) atoms. The van der Waals surface area contributed by atoms with Gasteiger partial charge in [-0.05, 0) is 47.0 Å². The molecular weight excluding hydrogens is 258 g/mol. The molecule has 0 saturated heterocycles. The molecule has 0 spiro atoms. The lowest BCUT2D eigenvalue weighted by atomic mass is 10.2. The van der Waals surface area contributed by atoms with Crippen molar-refractivity contribution in [3.05, 3.63) is 57.9 Å². The summed E-state index contributed by atoms with van der Waals surface area (Å²) < 4.78 is 2.09. The van der Waals surface area contributed by atoms with E-state index >= 15 is 0 Å². The number of hydrogen-bond acceptors (Lipinski definition) is 2. The predicted molar refractivity (Wildman–Crippen MR) is 77.1 cm³/mol. The summed E-state index contributed by atoms with van der Waals surface area (Å²) in [6.07, 6.45) is 2.01. The van der Waals surface area contributed by atoms with E-state index in [1.54, 1.807) is 0 Å². The molecule has 3 aromatic rings. The van der Waals surface area contributed by atoms with Gasteiger partial charge in [0, 0.05) is 18.3 Å². The Balaban J connectivity index is 2.03. The fraction of sp³-hybridized carbons (Fsp3) is 0.133. The Morgan fingerprint density at radius 2 is 2.16 bits per heavy atom. The van der Waals surface area contributed by atoms with Gasteiger partial charge in [0.25, 0.3) is 0 Å². The molecule has 0 fully saturated rings. The van der Waals surface area contributed by atoms with Gasteiger partial charge in [-0.3, -0.25) is 0 Å². The topological polar surface area (TPSA) is 42.2 Å². The molecule has 1 N–H and O–H groups in total. The third-order valence-corrected chi connectivity index (χ3v) is 4.16. The second kappa shape index (κ2) is 4.55. The zero-order chi connectivity index (χ0) is 13.4. The summed E-state index contributed by atoms with van der Waals surface area (Å²) >= 11 is 1.28. The summed E-state index contributed by atoms with van der Waals surface area (Å²) in [5.74, 6) is -0.849. The molecule has 0 bridgehead atoms. The molecule has 0 saturated carbocycles. The Bertz CT molecular complexity index is 754. The van der Waals surface area contributed by atoms with Crippen LogP contribution in [0.2, 0.25) is 0 Å². The highest BCUT2D eigenvalue weighted by atomic mass is 32.1. The van der Waals surface area contributed by atoms with Gasteiger partial charge in [0.05, 0.1) is 0 Å². The molecule has 0 aliphatic carbocycles. The molecule has 0 aliphatic rings. The van der Waals surface area contributed by atoms with Gasteiger partial charge in [0.1, 0.15) is 4.88 Å². The number of carbonyl (C=O) groups is 1. The first kappa shape index (κ1) is 12.0. The van der Waals surface area contributed by atoms with E-state index in [-0.39, 0.29) is 0 Å². The van der Waals surface area contributed by atoms with Crippen LogP contribution in [0.1, 0.15) is 20.8 Å². The molecule has 2 heterocycles. The molecular formula is C15H13NO2S. The van der Waals surface area contributed by atoms with Gasteiger partial charge >= 0.3 is 5.97 Å². The smallest absolute Gasteiger partial charge is 0.346 e. The van der Waals surface area contributed by atoms with Gasteiger partial charge in [-0.25, -0.2) is 4.79 Å². The number of carboxylic acid groups (broad SMARTS) is 1. The number of aromatic carboxylic acids is 1. The van der Waals surface area contributed by atoms with Crippen molar-refractivity contribution < 1.29 is 9.90 Å². The van der Waals surface area contributed by atoms with E-state index in [2.05, 4.69) is 35.8 Å². The number of aromatic nitrogens is 1. The Morgan fingerprint density at radius 1 is 1.32 bits per heavy atom. The normalized spacial score (nSPS) is 11.0. The van der Waals surface area contributed by atoms with Gasteiger partial charge < -0.3 is 9.67 Å². The largest absolute Gasteiger partial charge is 0.477 e. The summed E-state index contributed by atoms with van der Waals surface area (Å²) in [5.41, 5.74) is 3.20. The Hall–Kier alpha value is -2.07. The van der Waals surface area contributed by atoms with E-state index in [0.717, 1.165) is 11.1 Å². The average Bonchev–Trinajstić information content (AvgIpc) is 2.97. The number of aryl methyl sites for hydroxylation is 1. The highest BCUT2D eigenvalue weighted by Crippen LogP contribution is 2.22. The number of hydrogen-bond donors (Lipinski definition) is 1. The fourth-order valence-electron chi connectivity index (χ4n) is 2.26. The van der Waals surface area contributed by atoms with Crippen LogP contribution in [-0.2, 0) is 6.54 Å². The van der Waals surface area contributed by atoms with Crippen LogP contribution >= 0.6 is 11.3 Å². The van der Waals surface area contributed by atoms with Gasteiger partial charge in [0.15, 0.2) is 0 Å². The SMILES string of the molecule is Cc1ccc2ccn(Cc3ccsc3C(=O)O)c2c1. The number of fused-ring (bicyclic) bond motifs is 1. The van der Waals surface area contributed by atoms with Crippen molar-refractivity contribution in [2.24, 2.45) is 0 Å². The van der Waals surface area contributed by atoms with Crippen LogP contribution < -0.4 is 0 Å². The maximum absolute atomic E-state index is 11.1. The first-order chi connectivity index (χ1) is 9.15.